The average Bonchev–Trinajstić information content (AvgIpc) is 3.07. The van der Waals surface area contributed by atoms with Crippen LogP contribution in [-0.2, 0) is 9.53 Å². The molecule has 2 aromatic rings. The molecule has 0 aliphatic carbocycles. The molecule has 128 valence electrons. The van der Waals surface area contributed by atoms with Crippen LogP contribution in [0.3, 0.4) is 0 Å². The first kappa shape index (κ1) is 16.2. The summed E-state index contributed by atoms with van der Waals surface area (Å²) in [5, 5.41) is 13.2. The molecule has 3 rings (SSSR count). The zero-order valence-corrected chi connectivity index (χ0v) is 12.8. The normalized spacial score (nSPS) is 11.7. The van der Waals surface area contributed by atoms with Gasteiger partial charge >= 0.3 is 5.97 Å². The van der Waals surface area contributed by atoms with Crippen molar-refractivity contribution in [2.75, 3.05) is 18.7 Å². The minimum absolute atomic E-state index is 0.0247. The number of para-hydroxylation sites is 2. The number of fused-ring (bicyclic) bond motifs is 1. The van der Waals surface area contributed by atoms with Gasteiger partial charge in [-0.1, -0.05) is 12.1 Å². The number of esters is 1. The second-order valence-corrected chi connectivity index (χ2v) is 4.97. The Balaban J connectivity index is 1.59. The van der Waals surface area contributed by atoms with Gasteiger partial charge in [-0.05, 0) is 24.3 Å². The lowest BCUT2D eigenvalue weighted by atomic mass is 10.2. The monoisotopic (exact) mass is 344 g/mol. The van der Waals surface area contributed by atoms with Crippen molar-refractivity contribution in [1.82, 2.24) is 0 Å². The van der Waals surface area contributed by atoms with E-state index in [2.05, 4.69) is 5.32 Å². The number of anilines is 1. The topological polar surface area (TPSA) is 117 Å². The van der Waals surface area contributed by atoms with E-state index in [9.17, 15) is 19.7 Å². The Kier molecular flexibility index (Phi) is 4.46. The third-order valence-electron chi connectivity index (χ3n) is 3.32. The van der Waals surface area contributed by atoms with Crippen LogP contribution in [0.2, 0.25) is 0 Å². The Hall–Kier alpha value is -3.62. The molecule has 2 aromatic carbocycles. The van der Waals surface area contributed by atoms with E-state index in [4.69, 9.17) is 14.2 Å². The van der Waals surface area contributed by atoms with E-state index in [-0.39, 0.29) is 23.7 Å². The van der Waals surface area contributed by atoms with Crippen LogP contribution in [-0.4, -0.2) is 30.2 Å². The van der Waals surface area contributed by atoms with Gasteiger partial charge in [0.1, 0.15) is 5.69 Å². The fraction of sp³-hybridized carbons (Fsp3) is 0.125. The third-order valence-corrected chi connectivity index (χ3v) is 3.32. The second kappa shape index (κ2) is 6.87. The lowest BCUT2D eigenvalue weighted by Crippen LogP contribution is -2.21. The molecule has 9 heteroatoms. The number of ether oxygens (including phenoxy) is 3. The smallest absolute Gasteiger partial charge is 0.338 e. The van der Waals surface area contributed by atoms with Crippen molar-refractivity contribution in [3.05, 3.63) is 58.1 Å². The number of hydrogen-bond acceptors (Lipinski definition) is 7. The maximum atomic E-state index is 12.0. The summed E-state index contributed by atoms with van der Waals surface area (Å²) in [6, 6.07) is 10.2. The molecule has 0 saturated heterocycles. The van der Waals surface area contributed by atoms with Crippen LogP contribution < -0.4 is 14.8 Å². The number of nitro benzene ring substituents is 1. The van der Waals surface area contributed by atoms with Crippen molar-refractivity contribution in [2.24, 2.45) is 0 Å². The lowest BCUT2D eigenvalue weighted by molar-refractivity contribution is -0.383. The van der Waals surface area contributed by atoms with Gasteiger partial charge in [0.25, 0.3) is 11.6 Å². The average molecular weight is 344 g/mol. The largest absolute Gasteiger partial charge is 0.454 e. The summed E-state index contributed by atoms with van der Waals surface area (Å²) < 4.78 is 15.2. The van der Waals surface area contributed by atoms with Crippen molar-refractivity contribution < 1.29 is 28.7 Å². The van der Waals surface area contributed by atoms with Gasteiger partial charge in [-0.25, -0.2) is 4.79 Å². The van der Waals surface area contributed by atoms with E-state index in [0.717, 1.165) is 0 Å². The molecule has 1 aliphatic rings. The summed E-state index contributed by atoms with van der Waals surface area (Å²) in [6.07, 6.45) is 0. The Morgan fingerprint density at radius 1 is 1.16 bits per heavy atom. The number of nitrogens with zero attached hydrogens (tertiary/aromatic N) is 1. The molecule has 0 bridgehead atoms. The summed E-state index contributed by atoms with van der Waals surface area (Å²) in [5.41, 5.74) is -0.0303. The molecule has 1 aliphatic heterocycles. The van der Waals surface area contributed by atoms with Gasteiger partial charge in [0.05, 0.1) is 10.5 Å². The van der Waals surface area contributed by atoms with Crippen molar-refractivity contribution >= 4 is 23.3 Å². The Morgan fingerprint density at radius 3 is 2.72 bits per heavy atom. The van der Waals surface area contributed by atoms with Gasteiger partial charge in [-0.2, -0.15) is 0 Å². The van der Waals surface area contributed by atoms with Crippen LogP contribution >= 0.6 is 0 Å². The van der Waals surface area contributed by atoms with E-state index < -0.39 is 23.4 Å². The van der Waals surface area contributed by atoms with E-state index >= 15 is 0 Å². The van der Waals surface area contributed by atoms with Crippen molar-refractivity contribution in [3.63, 3.8) is 0 Å². The summed E-state index contributed by atoms with van der Waals surface area (Å²) in [6.45, 7) is -0.509. The maximum absolute atomic E-state index is 12.0. The first-order valence-corrected chi connectivity index (χ1v) is 7.14. The SMILES string of the molecule is O=C(COC(=O)c1ccc2c(c1)OCO2)Nc1ccccc1[N+](=O)[O-]. The van der Waals surface area contributed by atoms with E-state index in [1.54, 1.807) is 12.1 Å². The lowest BCUT2D eigenvalue weighted by Gasteiger charge is -2.07. The fourth-order valence-corrected chi connectivity index (χ4v) is 2.16. The van der Waals surface area contributed by atoms with Gasteiger partial charge in [0.15, 0.2) is 18.1 Å². The number of hydrogen-bond donors (Lipinski definition) is 1. The maximum Gasteiger partial charge on any atom is 0.338 e. The Morgan fingerprint density at radius 2 is 1.92 bits per heavy atom. The molecule has 0 fully saturated rings. The molecule has 0 spiro atoms. The van der Waals surface area contributed by atoms with Crippen molar-refractivity contribution in [1.29, 1.82) is 0 Å². The highest BCUT2D eigenvalue weighted by Crippen LogP contribution is 2.32. The first-order valence-electron chi connectivity index (χ1n) is 7.14. The molecule has 9 nitrogen and oxygen atoms in total. The molecule has 1 N–H and O–H groups in total. The van der Waals surface area contributed by atoms with Gasteiger partial charge < -0.3 is 19.5 Å². The number of carbonyl (C=O) groups is 2. The molecule has 0 aromatic heterocycles. The minimum Gasteiger partial charge on any atom is -0.454 e. The first-order chi connectivity index (χ1) is 12.0. The van der Waals surface area contributed by atoms with Gasteiger partial charge in [-0.3, -0.25) is 14.9 Å². The zero-order chi connectivity index (χ0) is 17.8. The van der Waals surface area contributed by atoms with E-state index in [1.807, 2.05) is 0 Å². The standard InChI is InChI=1S/C16H12N2O7/c19-15(17-11-3-1-2-4-12(11)18(21)22)8-23-16(20)10-5-6-13-14(7-10)25-9-24-13/h1-7H,8-9H2,(H,17,19). The number of nitrogens with one attached hydrogen (secondary N) is 1. The number of nitro groups is 1. The fourth-order valence-electron chi connectivity index (χ4n) is 2.16. The predicted molar refractivity (Wildman–Crippen MR) is 84.6 cm³/mol. The number of amides is 1. The van der Waals surface area contributed by atoms with Gasteiger partial charge in [0.2, 0.25) is 6.79 Å². The number of rotatable bonds is 5. The highest BCUT2D eigenvalue weighted by molar-refractivity contribution is 5.97. The van der Waals surface area contributed by atoms with Gasteiger partial charge in [0, 0.05) is 6.07 Å². The van der Waals surface area contributed by atoms with Crippen LogP contribution in [0, 0.1) is 10.1 Å². The highest BCUT2D eigenvalue weighted by Gasteiger charge is 2.19. The molecular formula is C16H12N2O7. The van der Waals surface area contributed by atoms with Gasteiger partial charge in [-0.15, -0.1) is 0 Å². The van der Waals surface area contributed by atoms with Crippen LogP contribution in [0.15, 0.2) is 42.5 Å². The Labute approximate surface area is 141 Å². The van der Waals surface area contributed by atoms with E-state index in [1.165, 1.54) is 30.3 Å². The van der Waals surface area contributed by atoms with Crippen molar-refractivity contribution in [3.8, 4) is 11.5 Å². The molecule has 1 amide bonds. The summed E-state index contributed by atoms with van der Waals surface area (Å²) >= 11 is 0. The van der Waals surface area contributed by atoms with E-state index in [0.29, 0.717) is 11.5 Å². The molecule has 1 heterocycles. The number of benzene rings is 2. The van der Waals surface area contributed by atoms with Crippen LogP contribution in [0.4, 0.5) is 11.4 Å². The minimum atomic E-state index is -0.726. The molecule has 0 saturated carbocycles. The Bertz CT molecular complexity index is 850. The molecule has 0 atom stereocenters. The second-order valence-electron chi connectivity index (χ2n) is 4.97. The van der Waals surface area contributed by atoms with Crippen molar-refractivity contribution in [2.45, 2.75) is 0 Å². The quantitative estimate of drug-likeness (QED) is 0.501. The third kappa shape index (κ3) is 3.66. The van der Waals surface area contributed by atoms with Crippen LogP contribution in [0.1, 0.15) is 10.4 Å². The number of carbonyl (C=O) groups excluding carboxylic acids is 2. The summed E-state index contributed by atoms with van der Waals surface area (Å²) in [5.74, 6) is -0.483. The molecule has 25 heavy (non-hydrogen) atoms. The summed E-state index contributed by atoms with van der Waals surface area (Å²) in [7, 11) is 0. The molecule has 0 radical (unpaired) electrons. The predicted octanol–water partition coefficient (Wildman–Crippen LogP) is 2.12. The molecular weight excluding hydrogens is 332 g/mol. The summed E-state index contributed by atoms with van der Waals surface area (Å²) in [4.78, 5) is 34.1. The highest BCUT2D eigenvalue weighted by atomic mass is 16.7. The molecule has 0 unspecified atom stereocenters. The zero-order valence-electron chi connectivity index (χ0n) is 12.8. The van der Waals surface area contributed by atoms with Crippen LogP contribution in [0.5, 0.6) is 11.5 Å². The van der Waals surface area contributed by atoms with Crippen LogP contribution in [0.25, 0.3) is 0 Å².